The molecule has 0 spiro atoms. The number of nitrogens with one attached hydrogen (secondary N) is 1. The third-order valence-corrected chi connectivity index (χ3v) is 2.61. The minimum Gasteiger partial charge on any atom is -0.493 e. The maximum absolute atomic E-state index is 5.67. The fraction of sp³-hybridized carbons (Fsp3) is 0.250. The molecule has 1 aromatic carbocycles. The van der Waals surface area contributed by atoms with Gasteiger partial charge in [0.15, 0.2) is 11.5 Å². The first-order valence-corrected chi connectivity index (χ1v) is 6.74. The van der Waals surface area contributed by atoms with Crippen molar-refractivity contribution in [2.75, 3.05) is 12.5 Å². The second kappa shape index (κ2) is 7.28. The summed E-state index contributed by atoms with van der Waals surface area (Å²) in [6.45, 7) is 3.96. The highest BCUT2D eigenvalue weighted by molar-refractivity contribution is 5.81. The predicted octanol–water partition coefficient (Wildman–Crippen LogP) is 3.32. The summed E-state index contributed by atoms with van der Waals surface area (Å²) in [4.78, 5) is 4.12. The number of hydrogen-bond donors (Lipinski definition) is 1. The van der Waals surface area contributed by atoms with Crippen molar-refractivity contribution >= 4 is 12.0 Å². The van der Waals surface area contributed by atoms with Gasteiger partial charge in [0.1, 0.15) is 5.82 Å². The van der Waals surface area contributed by atoms with Crippen LogP contribution < -0.4 is 14.9 Å². The third kappa shape index (κ3) is 4.49. The van der Waals surface area contributed by atoms with E-state index in [1.54, 1.807) is 19.5 Å². The second-order valence-electron chi connectivity index (χ2n) is 4.66. The molecule has 2 aromatic rings. The highest BCUT2D eigenvalue weighted by Gasteiger charge is 2.06. The van der Waals surface area contributed by atoms with Crippen LogP contribution in [0.2, 0.25) is 0 Å². The third-order valence-electron chi connectivity index (χ3n) is 2.61. The molecule has 0 radical (unpaired) electrons. The molecule has 5 heteroatoms. The van der Waals surface area contributed by atoms with Gasteiger partial charge in [-0.15, -0.1) is 0 Å². The summed E-state index contributed by atoms with van der Waals surface area (Å²) >= 11 is 0. The van der Waals surface area contributed by atoms with Gasteiger partial charge < -0.3 is 9.47 Å². The number of hydrazone groups is 1. The van der Waals surface area contributed by atoms with Crippen molar-refractivity contribution in [3.63, 3.8) is 0 Å². The fourth-order valence-corrected chi connectivity index (χ4v) is 1.72. The topological polar surface area (TPSA) is 55.7 Å². The molecule has 110 valence electrons. The first-order chi connectivity index (χ1) is 10.2. The van der Waals surface area contributed by atoms with Crippen LogP contribution in [0.25, 0.3) is 0 Å². The average Bonchev–Trinajstić information content (AvgIpc) is 2.49. The van der Waals surface area contributed by atoms with Crippen molar-refractivity contribution in [3.05, 3.63) is 48.2 Å². The monoisotopic (exact) mass is 285 g/mol. The van der Waals surface area contributed by atoms with Crippen molar-refractivity contribution in [3.8, 4) is 11.5 Å². The quantitative estimate of drug-likeness (QED) is 0.653. The van der Waals surface area contributed by atoms with Crippen LogP contribution in [-0.2, 0) is 0 Å². The molecule has 2 rings (SSSR count). The van der Waals surface area contributed by atoms with Crippen molar-refractivity contribution in [1.82, 2.24) is 4.98 Å². The molecule has 0 unspecified atom stereocenters. The van der Waals surface area contributed by atoms with Crippen LogP contribution in [0, 0.1) is 0 Å². The lowest BCUT2D eigenvalue weighted by Gasteiger charge is -2.13. The Hall–Kier alpha value is -2.56. The zero-order valence-electron chi connectivity index (χ0n) is 12.4. The number of aromatic nitrogens is 1. The van der Waals surface area contributed by atoms with Gasteiger partial charge in [0.2, 0.25) is 0 Å². The minimum absolute atomic E-state index is 0.101. The van der Waals surface area contributed by atoms with E-state index in [1.165, 1.54) is 0 Å². The summed E-state index contributed by atoms with van der Waals surface area (Å²) in [7, 11) is 1.62. The van der Waals surface area contributed by atoms with Gasteiger partial charge in [-0.05, 0) is 49.7 Å². The van der Waals surface area contributed by atoms with Gasteiger partial charge in [-0.2, -0.15) is 5.10 Å². The van der Waals surface area contributed by atoms with Gasteiger partial charge >= 0.3 is 0 Å². The van der Waals surface area contributed by atoms with Crippen LogP contribution in [0.3, 0.4) is 0 Å². The van der Waals surface area contributed by atoms with Gasteiger partial charge in [-0.3, -0.25) is 5.43 Å². The Balaban J connectivity index is 2.06. The molecule has 0 aliphatic carbocycles. The maximum atomic E-state index is 5.67. The number of ether oxygens (including phenoxy) is 2. The standard InChI is InChI=1S/C16H19N3O2/c1-12(2)21-14-8-7-13(10-15(14)20-3)11-18-19-16-6-4-5-9-17-16/h4-12H,1-3H3,(H,17,19)/b18-11+. The van der Waals surface area contributed by atoms with Crippen LogP contribution in [-0.4, -0.2) is 24.4 Å². The van der Waals surface area contributed by atoms with E-state index in [2.05, 4.69) is 15.5 Å². The van der Waals surface area contributed by atoms with E-state index in [-0.39, 0.29) is 6.10 Å². The number of anilines is 1. The smallest absolute Gasteiger partial charge is 0.161 e. The largest absolute Gasteiger partial charge is 0.493 e. The Bertz CT molecular complexity index is 598. The maximum Gasteiger partial charge on any atom is 0.161 e. The number of rotatable bonds is 6. The molecule has 0 saturated carbocycles. The SMILES string of the molecule is COc1cc(/C=N/Nc2ccccn2)ccc1OC(C)C. The van der Waals surface area contributed by atoms with Crippen LogP contribution in [0.4, 0.5) is 5.82 Å². The van der Waals surface area contributed by atoms with E-state index in [9.17, 15) is 0 Å². The van der Waals surface area contributed by atoms with Crippen molar-refractivity contribution in [2.24, 2.45) is 5.10 Å². The van der Waals surface area contributed by atoms with Gasteiger partial charge in [0.25, 0.3) is 0 Å². The zero-order valence-corrected chi connectivity index (χ0v) is 12.4. The van der Waals surface area contributed by atoms with Gasteiger partial charge in [-0.1, -0.05) is 6.07 Å². The number of benzene rings is 1. The molecular weight excluding hydrogens is 266 g/mol. The van der Waals surface area contributed by atoms with E-state index >= 15 is 0 Å². The van der Waals surface area contributed by atoms with Crippen molar-refractivity contribution in [1.29, 1.82) is 0 Å². The van der Waals surface area contributed by atoms with Crippen molar-refractivity contribution < 1.29 is 9.47 Å². The lowest BCUT2D eigenvalue weighted by atomic mass is 10.2. The second-order valence-corrected chi connectivity index (χ2v) is 4.66. The Morgan fingerprint density at radius 2 is 2.05 bits per heavy atom. The lowest BCUT2D eigenvalue weighted by Crippen LogP contribution is -2.06. The molecule has 1 aromatic heterocycles. The van der Waals surface area contributed by atoms with Crippen LogP contribution >= 0.6 is 0 Å². The predicted molar refractivity (Wildman–Crippen MR) is 84.2 cm³/mol. The molecule has 1 N–H and O–H groups in total. The summed E-state index contributed by atoms with van der Waals surface area (Å²) in [6, 6.07) is 11.3. The highest BCUT2D eigenvalue weighted by Crippen LogP contribution is 2.28. The minimum atomic E-state index is 0.101. The number of hydrogen-bond acceptors (Lipinski definition) is 5. The van der Waals surface area contributed by atoms with E-state index in [1.807, 2.05) is 50.2 Å². The molecule has 5 nitrogen and oxygen atoms in total. The Morgan fingerprint density at radius 3 is 2.71 bits per heavy atom. The molecule has 0 bridgehead atoms. The van der Waals surface area contributed by atoms with E-state index in [0.29, 0.717) is 11.6 Å². The Morgan fingerprint density at radius 1 is 1.19 bits per heavy atom. The summed E-state index contributed by atoms with van der Waals surface area (Å²) in [5.74, 6) is 2.10. The summed E-state index contributed by atoms with van der Waals surface area (Å²) < 4.78 is 11.0. The van der Waals surface area contributed by atoms with Gasteiger partial charge in [-0.25, -0.2) is 4.98 Å². The van der Waals surface area contributed by atoms with Crippen LogP contribution in [0.15, 0.2) is 47.7 Å². The molecule has 0 amide bonds. The summed E-state index contributed by atoms with van der Waals surface area (Å²) in [6.07, 6.45) is 3.51. The lowest BCUT2D eigenvalue weighted by molar-refractivity contribution is 0.230. The molecule has 1 heterocycles. The molecule has 21 heavy (non-hydrogen) atoms. The number of nitrogens with zero attached hydrogens (tertiary/aromatic N) is 2. The zero-order chi connectivity index (χ0) is 15.1. The highest BCUT2D eigenvalue weighted by atomic mass is 16.5. The Kier molecular flexibility index (Phi) is 5.15. The molecule has 0 aliphatic rings. The first-order valence-electron chi connectivity index (χ1n) is 6.74. The molecule has 0 aliphatic heterocycles. The molecular formula is C16H19N3O2. The number of pyridine rings is 1. The van der Waals surface area contributed by atoms with Crippen molar-refractivity contribution in [2.45, 2.75) is 20.0 Å². The van der Waals surface area contributed by atoms with Crippen LogP contribution in [0.5, 0.6) is 11.5 Å². The first kappa shape index (κ1) is 14.8. The Labute approximate surface area is 124 Å². The fourth-order valence-electron chi connectivity index (χ4n) is 1.72. The molecule has 0 atom stereocenters. The normalized spacial score (nSPS) is 10.9. The van der Waals surface area contributed by atoms with E-state index in [0.717, 1.165) is 11.3 Å². The number of methoxy groups -OCH3 is 1. The molecule has 0 saturated heterocycles. The van der Waals surface area contributed by atoms with Crippen LogP contribution in [0.1, 0.15) is 19.4 Å². The van der Waals surface area contributed by atoms with Gasteiger partial charge in [0, 0.05) is 6.20 Å². The summed E-state index contributed by atoms with van der Waals surface area (Å²) in [5, 5.41) is 4.14. The van der Waals surface area contributed by atoms with E-state index in [4.69, 9.17) is 9.47 Å². The van der Waals surface area contributed by atoms with E-state index < -0.39 is 0 Å². The molecule has 0 fully saturated rings. The summed E-state index contributed by atoms with van der Waals surface area (Å²) in [5.41, 5.74) is 3.77. The average molecular weight is 285 g/mol. The van der Waals surface area contributed by atoms with Gasteiger partial charge in [0.05, 0.1) is 19.4 Å².